The zero-order chi connectivity index (χ0) is 16.0. The van der Waals surface area contributed by atoms with Crippen molar-refractivity contribution in [1.29, 1.82) is 0 Å². The maximum atomic E-state index is 11.1. The summed E-state index contributed by atoms with van der Waals surface area (Å²) in [5.74, 6) is 0.236. The Morgan fingerprint density at radius 3 is 2.45 bits per heavy atom. The second-order valence-corrected chi connectivity index (χ2v) is 6.76. The quantitative estimate of drug-likeness (QED) is 0.186. The number of fused-ring (bicyclic) bond motifs is 1. The van der Waals surface area contributed by atoms with Crippen LogP contribution < -0.4 is 10.6 Å². The van der Waals surface area contributed by atoms with Crippen molar-refractivity contribution in [3.63, 3.8) is 0 Å². The summed E-state index contributed by atoms with van der Waals surface area (Å²) in [4.78, 5) is 21.5. The third-order valence-corrected chi connectivity index (χ3v) is 4.58. The van der Waals surface area contributed by atoms with E-state index in [1.807, 2.05) is 11.8 Å². The van der Waals surface area contributed by atoms with Crippen LogP contribution in [0.25, 0.3) is 0 Å². The molecular weight excluding hydrogens is 349 g/mol. The average Bonchev–Trinajstić information content (AvgIpc) is 2.82. The Morgan fingerprint density at radius 2 is 1.91 bits per heavy atom. The molecule has 122 valence electrons. The molecule has 0 aromatic heterocycles. The fraction of sp³-hybridized carbons (Fsp3) is 0.800. The number of carbonyl (C=O) groups is 2. The molecule has 2 heterocycles. The number of amides is 2. The molecule has 0 aliphatic carbocycles. The van der Waals surface area contributed by atoms with Gasteiger partial charge in [0, 0.05) is 27.8 Å². The number of hydrogen-bond donors (Lipinski definition) is 3. The molecule has 0 aromatic rings. The summed E-state index contributed by atoms with van der Waals surface area (Å²) in [6, 6.07) is 0.440. The van der Waals surface area contributed by atoms with Gasteiger partial charge in [-0.25, -0.2) is 4.79 Å². The first-order valence-corrected chi connectivity index (χ1v) is 8.62. The van der Waals surface area contributed by atoms with Crippen LogP contribution in [0.2, 0.25) is 0 Å². The van der Waals surface area contributed by atoms with Crippen molar-refractivity contribution in [2.24, 2.45) is 0 Å². The van der Waals surface area contributed by atoms with E-state index in [9.17, 15) is 9.59 Å². The van der Waals surface area contributed by atoms with Gasteiger partial charge in [-0.1, -0.05) is 6.42 Å². The summed E-state index contributed by atoms with van der Waals surface area (Å²) in [6.07, 6.45) is 2.88. The second-order valence-electron chi connectivity index (χ2n) is 4.67. The van der Waals surface area contributed by atoms with Gasteiger partial charge < -0.3 is 24.8 Å². The van der Waals surface area contributed by atoms with Crippen molar-refractivity contribution < 1.29 is 32.2 Å². The van der Waals surface area contributed by atoms with E-state index in [1.54, 1.807) is 0 Å². The number of carbonyl (C=O) groups excluding carboxylic acids is 1. The fourth-order valence-corrected chi connectivity index (χ4v) is 3.81. The summed E-state index contributed by atoms with van der Waals surface area (Å²) >= 11 is 1.87. The molecule has 0 bridgehead atoms. The van der Waals surface area contributed by atoms with Gasteiger partial charge in [0.1, 0.15) is 0 Å². The van der Waals surface area contributed by atoms with Gasteiger partial charge in [-0.05, 0) is 12.8 Å². The van der Waals surface area contributed by atoms with E-state index in [0.29, 0.717) is 5.25 Å². The number of rotatable bonds is 5. The van der Waals surface area contributed by atoms with E-state index in [0.717, 1.165) is 25.0 Å². The zero-order valence-corrected chi connectivity index (χ0v) is 14.7. The molecule has 2 aliphatic heterocycles. The number of aliphatic carboxylic acids is 1. The van der Waals surface area contributed by atoms with Crippen LogP contribution in [0.4, 0.5) is 4.79 Å². The van der Waals surface area contributed by atoms with Crippen molar-refractivity contribution >= 4 is 57.2 Å². The average molecular weight is 365 g/mol. The smallest absolute Gasteiger partial charge is 0.759 e. The SMILES string of the molecule is O=C(O)CCCC[C@@H]1SC[C@@H]2NC(=O)N[C@@H]21.O=S(=O)([O-])[O-].[Mg+2]. The molecule has 12 heteroatoms. The number of unbranched alkanes of at least 4 members (excludes halogenated alkanes) is 1. The van der Waals surface area contributed by atoms with E-state index in [4.69, 9.17) is 22.6 Å². The Balaban J connectivity index is 0.000000644. The fourth-order valence-electron chi connectivity index (χ4n) is 2.26. The van der Waals surface area contributed by atoms with Gasteiger partial charge in [0.15, 0.2) is 0 Å². The van der Waals surface area contributed by atoms with E-state index >= 15 is 0 Å². The first-order valence-electron chi connectivity index (χ1n) is 6.24. The Labute approximate surface area is 148 Å². The van der Waals surface area contributed by atoms with Crippen molar-refractivity contribution in [3.8, 4) is 0 Å². The first kappa shape index (κ1) is 21.7. The van der Waals surface area contributed by atoms with E-state index < -0.39 is 16.4 Å². The molecule has 22 heavy (non-hydrogen) atoms. The molecule has 2 rings (SSSR count). The summed E-state index contributed by atoms with van der Waals surface area (Å²) < 4.78 is 34.1. The molecule has 2 fully saturated rings. The number of hydrogen-bond acceptors (Lipinski definition) is 7. The number of carboxylic acids is 1. The summed E-state index contributed by atoms with van der Waals surface area (Å²) in [5, 5.41) is 14.8. The van der Waals surface area contributed by atoms with Crippen molar-refractivity contribution in [1.82, 2.24) is 10.6 Å². The van der Waals surface area contributed by atoms with Crippen LogP contribution >= 0.6 is 11.8 Å². The molecule has 0 unspecified atom stereocenters. The number of thioether (sulfide) groups is 1. The van der Waals surface area contributed by atoms with Crippen LogP contribution in [0.1, 0.15) is 25.7 Å². The van der Waals surface area contributed by atoms with Gasteiger partial charge in [-0.3, -0.25) is 13.2 Å². The Morgan fingerprint density at radius 1 is 1.32 bits per heavy atom. The third-order valence-electron chi connectivity index (χ3n) is 3.07. The minimum absolute atomic E-state index is 0. The predicted octanol–water partition coefficient (Wildman–Crippen LogP) is -0.922. The van der Waals surface area contributed by atoms with Crippen LogP contribution in [-0.2, 0) is 15.2 Å². The van der Waals surface area contributed by atoms with Gasteiger partial charge in [-0.15, -0.1) is 0 Å². The molecular formula is C10H16MgN2O7S2. The van der Waals surface area contributed by atoms with Crippen LogP contribution in [0.15, 0.2) is 0 Å². The predicted molar refractivity (Wildman–Crippen MR) is 77.8 cm³/mol. The van der Waals surface area contributed by atoms with Gasteiger partial charge >= 0.3 is 35.1 Å². The van der Waals surface area contributed by atoms with Gasteiger partial charge in [-0.2, -0.15) is 11.8 Å². The van der Waals surface area contributed by atoms with E-state index in [-0.39, 0.29) is 47.6 Å². The van der Waals surface area contributed by atoms with Crippen molar-refractivity contribution in [2.45, 2.75) is 43.0 Å². The molecule has 3 atom stereocenters. The minimum Gasteiger partial charge on any atom is -0.759 e. The Hall–Kier alpha value is -0.274. The summed E-state index contributed by atoms with van der Waals surface area (Å²) in [6.45, 7) is 0. The maximum absolute atomic E-state index is 11.1. The standard InChI is InChI=1S/C10H16N2O3S.Mg.H2O4S/c13-8(14)4-2-1-3-7-9-6(5-16-7)11-10(15)12-9;;1-5(2,3)4/h6-7,9H,1-5H2,(H,13,14)(H2,11,12,15);;(H2,1,2,3,4)/q;+2;/p-2/t6-,7-,9-;;/m0../s1. The minimum atomic E-state index is -5.17. The van der Waals surface area contributed by atoms with Crippen LogP contribution in [-0.4, -0.2) is 80.8 Å². The van der Waals surface area contributed by atoms with E-state index in [1.165, 1.54) is 0 Å². The molecule has 0 radical (unpaired) electrons. The second kappa shape index (κ2) is 9.77. The zero-order valence-electron chi connectivity index (χ0n) is 11.7. The first-order chi connectivity index (χ1) is 9.66. The molecule has 2 aliphatic rings. The normalized spacial score (nSPS) is 25.9. The van der Waals surface area contributed by atoms with Crippen LogP contribution in [0.3, 0.4) is 0 Å². The van der Waals surface area contributed by atoms with Crippen molar-refractivity contribution in [3.05, 3.63) is 0 Å². The molecule has 0 spiro atoms. The summed E-state index contributed by atoms with van der Waals surface area (Å²) in [5.41, 5.74) is 0. The summed E-state index contributed by atoms with van der Waals surface area (Å²) in [7, 11) is -5.17. The van der Waals surface area contributed by atoms with Gasteiger partial charge in [0.2, 0.25) is 0 Å². The van der Waals surface area contributed by atoms with Crippen LogP contribution in [0.5, 0.6) is 0 Å². The Bertz CT molecular complexity index is 480. The molecule has 3 N–H and O–H groups in total. The number of carboxylic acid groups (broad SMARTS) is 1. The topological polar surface area (TPSA) is 159 Å². The van der Waals surface area contributed by atoms with E-state index in [2.05, 4.69) is 10.6 Å². The van der Waals surface area contributed by atoms with Crippen molar-refractivity contribution in [2.75, 3.05) is 5.75 Å². The third kappa shape index (κ3) is 9.00. The van der Waals surface area contributed by atoms with Crippen LogP contribution in [0, 0.1) is 0 Å². The molecule has 2 saturated heterocycles. The largest absolute Gasteiger partial charge is 2.00 e. The van der Waals surface area contributed by atoms with Gasteiger partial charge in [0.05, 0.1) is 12.1 Å². The molecule has 9 nitrogen and oxygen atoms in total. The molecule has 2 amide bonds. The number of nitrogens with one attached hydrogen (secondary N) is 2. The number of urea groups is 1. The Kier molecular flexibility index (Phi) is 9.65. The molecule has 0 saturated carbocycles. The molecule has 0 aromatic carbocycles. The monoisotopic (exact) mass is 364 g/mol. The maximum Gasteiger partial charge on any atom is 2.00 e. The van der Waals surface area contributed by atoms with Gasteiger partial charge in [0.25, 0.3) is 0 Å².